The van der Waals surface area contributed by atoms with E-state index < -0.39 is 17.7 Å². The van der Waals surface area contributed by atoms with Crippen LogP contribution in [-0.4, -0.2) is 18.4 Å². The third-order valence-electron chi connectivity index (χ3n) is 2.82. The summed E-state index contributed by atoms with van der Waals surface area (Å²) in [6.45, 7) is 2.56. The van der Waals surface area contributed by atoms with Crippen LogP contribution < -0.4 is 5.32 Å². The van der Waals surface area contributed by atoms with Crippen molar-refractivity contribution in [3.8, 4) is 0 Å². The molecule has 4 heteroatoms. The summed E-state index contributed by atoms with van der Waals surface area (Å²) < 4.78 is 25.0. The van der Waals surface area contributed by atoms with Gasteiger partial charge in [-0.3, -0.25) is 4.79 Å². The Hall–Kier alpha value is -0.670. The summed E-state index contributed by atoms with van der Waals surface area (Å²) in [6, 6.07) is 0.112. The van der Waals surface area contributed by atoms with E-state index in [0.717, 1.165) is 25.7 Å². The van der Waals surface area contributed by atoms with Crippen LogP contribution in [0.5, 0.6) is 0 Å². The van der Waals surface area contributed by atoms with E-state index >= 15 is 0 Å². The van der Waals surface area contributed by atoms with Crippen molar-refractivity contribution in [3.05, 3.63) is 0 Å². The van der Waals surface area contributed by atoms with E-state index in [1.807, 2.05) is 0 Å². The smallest absolute Gasteiger partial charge is 0.252 e. The van der Waals surface area contributed by atoms with Gasteiger partial charge in [0.25, 0.3) is 6.43 Å². The predicted octanol–water partition coefficient (Wildman–Crippen LogP) is 2.34. The van der Waals surface area contributed by atoms with Gasteiger partial charge in [-0.1, -0.05) is 12.8 Å². The van der Waals surface area contributed by atoms with E-state index in [-0.39, 0.29) is 6.04 Å². The molecule has 1 saturated carbocycles. The first kappa shape index (κ1) is 11.4. The van der Waals surface area contributed by atoms with E-state index in [4.69, 9.17) is 0 Å². The quantitative estimate of drug-likeness (QED) is 0.752. The molecule has 0 radical (unpaired) electrons. The molecule has 0 aliphatic heterocycles. The Morgan fingerprint density at radius 1 is 1.36 bits per heavy atom. The molecule has 0 saturated heterocycles. The summed E-state index contributed by atoms with van der Waals surface area (Å²) in [6.07, 6.45) is 1.40. The van der Waals surface area contributed by atoms with Gasteiger partial charge in [0, 0.05) is 6.04 Å². The number of carbonyl (C=O) groups is 1. The van der Waals surface area contributed by atoms with E-state index in [1.165, 1.54) is 13.8 Å². The molecule has 1 rings (SSSR count). The lowest BCUT2D eigenvalue weighted by Gasteiger charge is -2.24. The normalized spacial score (nSPS) is 18.9. The molecular formula is C10H17F2NO. The summed E-state index contributed by atoms with van der Waals surface area (Å²) in [5, 5.41) is 2.68. The Kier molecular flexibility index (Phi) is 3.45. The molecule has 1 N–H and O–H groups in total. The highest BCUT2D eigenvalue weighted by molar-refractivity contribution is 5.82. The minimum atomic E-state index is -2.61. The topological polar surface area (TPSA) is 29.1 Å². The molecule has 0 aromatic heterocycles. The van der Waals surface area contributed by atoms with Gasteiger partial charge in [0.2, 0.25) is 5.91 Å². The molecule has 0 heterocycles. The Bertz CT molecular complexity index is 210. The van der Waals surface area contributed by atoms with Crippen molar-refractivity contribution in [2.45, 2.75) is 52.0 Å². The SMILES string of the molecule is CC(C)(C(=O)NC1CCCC1)C(F)F. The van der Waals surface area contributed by atoms with Crippen molar-refractivity contribution in [2.24, 2.45) is 5.41 Å². The summed E-state index contributed by atoms with van der Waals surface area (Å²) in [4.78, 5) is 11.5. The fraction of sp³-hybridized carbons (Fsp3) is 0.900. The lowest BCUT2D eigenvalue weighted by Crippen LogP contribution is -2.45. The van der Waals surface area contributed by atoms with Gasteiger partial charge < -0.3 is 5.32 Å². The van der Waals surface area contributed by atoms with Gasteiger partial charge in [0.15, 0.2) is 0 Å². The zero-order chi connectivity index (χ0) is 10.8. The number of nitrogens with one attached hydrogen (secondary N) is 1. The monoisotopic (exact) mass is 205 g/mol. The summed E-state index contributed by atoms with van der Waals surface area (Å²) >= 11 is 0. The second-order valence-electron chi connectivity index (χ2n) is 4.48. The number of amides is 1. The van der Waals surface area contributed by atoms with Crippen molar-refractivity contribution < 1.29 is 13.6 Å². The minimum Gasteiger partial charge on any atom is -0.353 e. The van der Waals surface area contributed by atoms with Gasteiger partial charge in [0.05, 0.1) is 0 Å². The van der Waals surface area contributed by atoms with Crippen molar-refractivity contribution in [2.75, 3.05) is 0 Å². The molecule has 1 amide bonds. The van der Waals surface area contributed by atoms with Crippen molar-refractivity contribution >= 4 is 5.91 Å². The number of carbonyl (C=O) groups excluding carboxylic acids is 1. The highest BCUT2D eigenvalue weighted by Gasteiger charge is 2.38. The van der Waals surface area contributed by atoms with Crippen LogP contribution >= 0.6 is 0 Å². The van der Waals surface area contributed by atoms with Crippen LogP contribution in [0, 0.1) is 5.41 Å². The zero-order valence-corrected chi connectivity index (χ0v) is 8.65. The molecular weight excluding hydrogens is 188 g/mol. The molecule has 2 nitrogen and oxygen atoms in total. The van der Waals surface area contributed by atoms with Crippen LogP contribution in [0.4, 0.5) is 8.78 Å². The lowest BCUT2D eigenvalue weighted by atomic mass is 9.92. The molecule has 0 atom stereocenters. The molecule has 0 aromatic carbocycles. The van der Waals surface area contributed by atoms with Gasteiger partial charge in [-0.25, -0.2) is 8.78 Å². The standard InChI is InChI=1S/C10H17F2NO/c1-10(2,8(11)12)9(14)13-7-5-3-4-6-7/h7-8H,3-6H2,1-2H3,(H,13,14). The highest BCUT2D eigenvalue weighted by Crippen LogP contribution is 2.26. The van der Waals surface area contributed by atoms with Gasteiger partial charge >= 0.3 is 0 Å². The molecule has 1 aliphatic rings. The summed E-state index contributed by atoms with van der Waals surface area (Å²) in [7, 11) is 0. The number of alkyl halides is 2. The van der Waals surface area contributed by atoms with Gasteiger partial charge in [0.1, 0.15) is 5.41 Å². The summed E-state index contributed by atoms with van der Waals surface area (Å²) in [5.41, 5.74) is -1.57. The molecule has 82 valence electrons. The molecule has 1 fully saturated rings. The number of rotatable bonds is 3. The Labute approximate surface area is 83.1 Å². The fourth-order valence-electron chi connectivity index (χ4n) is 1.54. The van der Waals surface area contributed by atoms with Crippen LogP contribution in [0.1, 0.15) is 39.5 Å². The van der Waals surface area contributed by atoms with Crippen molar-refractivity contribution in [1.82, 2.24) is 5.32 Å². The third kappa shape index (κ3) is 2.42. The van der Waals surface area contributed by atoms with Crippen molar-refractivity contribution in [3.63, 3.8) is 0 Å². The van der Waals surface area contributed by atoms with Gasteiger partial charge in [-0.15, -0.1) is 0 Å². The number of halogens is 2. The predicted molar refractivity (Wildman–Crippen MR) is 50.2 cm³/mol. The highest BCUT2D eigenvalue weighted by atomic mass is 19.3. The maximum Gasteiger partial charge on any atom is 0.252 e. The maximum absolute atomic E-state index is 12.5. The number of hydrogen-bond donors (Lipinski definition) is 1. The van der Waals surface area contributed by atoms with E-state index in [0.29, 0.717) is 0 Å². The molecule has 0 spiro atoms. The van der Waals surface area contributed by atoms with Crippen LogP contribution in [0.15, 0.2) is 0 Å². The minimum absolute atomic E-state index is 0.112. The van der Waals surface area contributed by atoms with Crippen molar-refractivity contribution in [1.29, 1.82) is 0 Å². The lowest BCUT2D eigenvalue weighted by molar-refractivity contribution is -0.138. The molecule has 0 aromatic rings. The van der Waals surface area contributed by atoms with Crippen LogP contribution in [0.2, 0.25) is 0 Å². The van der Waals surface area contributed by atoms with Crippen LogP contribution in [0.25, 0.3) is 0 Å². The second kappa shape index (κ2) is 4.24. The maximum atomic E-state index is 12.5. The van der Waals surface area contributed by atoms with Crippen LogP contribution in [0.3, 0.4) is 0 Å². The second-order valence-corrected chi connectivity index (χ2v) is 4.48. The first-order chi connectivity index (χ1) is 6.44. The third-order valence-corrected chi connectivity index (χ3v) is 2.82. The molecule has 0 unspecified atom stereocenters. The fourth-order valence-corrected chi connectivity index (χ4v) is 1.54. The first-order valence-corrected chi connectivity index (χ1v) is 5.03. The molecule has 0 bridgehead atoms. The Balaban J connectivity index is 2.48. The zero-order valence-electron chi connectivity index (χ0n) is 8.65. The largest absolute Gasteiger partial charge is 0.353 e. The van der Waals surface area contributed by atoms with E-state index in [2.05, 4.69) is 5.32 Å². The molecule has 14 heavy (non-hydrogen) atoms. The van der Waals surface area contributed by atoms with Crippen LogP contribution in [-0.2, 0) is 4.79 Å². The van der Waals surface area contributed by atoms with E-state index in [1.54, 1.807) is 0 Å². The average molecular weight is 205 g/mol. The van der Waals surface area contributed by atoms with Gasteiger partial charge in [-0.2, -0.15) is 0 Å². The average Bonchev–Trinajstić information content (AvgIpc) is 2.56. The number of hydrogen-bond acceptors (Lipinski definition) is 1. The Morgan fingerprint density at radius 2 is 1.86 bits per heavy atom. The van der Waals surface area contributed by atoms with Gasteiger partial charge in [-0.05, 0) is 26.7 Å². The Morgan fingerprint density at radius 3 is 2.29 bits per heavy atom. The molecule has 1 aliphatic carbocycles. The van der Waals surface area contributed by atoms with E-state index in [9.17, 15) is 13.6 Å². The summed E-state index contributed by atoms with van der Waals surface area (Å²) in [5.74, 6) is -0.528. The first-order valence-electron chi connectivity index (χ1n) is 5.03.